The molecule has 33 heavy (non-hydrogen) atoms. The second-order valence-corrected chi connectivity index (χ2v) is 9.06. The summed E-state index contributed by atoms with van der Waals surface area (Å²) in [5.41, 5.74) is 8.13. The molecule has 0 fully saturated rings. The molecule has 0 radical (unpaired) electrons. The molecule has 2 N–H and O–H groups in total. The summed E-state index contributed by atoms with van der Waals surface area (Å²) in [7, 11) is 0. The fourth-order valence-corrected chi connectivity index (χ4v) is 5.20. The van der Waals surface area contributed by atoms with Gasteiger partial charge < -0.3 is 10.2 Å². The van der Waals surface area contributed by atoms with Crippen molar-refractivity contribution in [3.05, 3.63) is 99.7 Å². The van der Waals surface area contributed by atoms with Gasteiger partial charge in [-0.25, -0.2) is 9.97 Å². The van der Waals surface area contributed by atoms with Gasteiger partial charge in [0.1, 0.15) is 10.8 Å². The van der Waals surface area contributed by atoms with Crippen molar-refractivity contribution in [2.24, 2.45) is 5.73 Å². The van der Waals surface area contributed by atoms with E-state index < -0.39 is 5.91 Å². The molecule has 0 unspecified atom stereocenters. The molecular weight excluding hydrogens is 456 g/mol. The number of nitrogens with two attached hydrogens (primary N) is 1. The predicted molar refractivity (Wildman–Crippen MR) is 129 cm³/mol. The number of carbonyl (C=O) groups is 1. The Hall–Kier alpha value is -3.69. The summed E-state index contributed by atoms with van der Waals surface area (Å²) in [6, 6.07) is 18.0. The maximum absolute atomic E-state index is 13.2. The molecule has 9 heteroatoms. The van der Waals surface area contributed by atoms with E-state index in [9.17, 15) is 9.59 Å². The van der Waals surface area contributed by atoms with Crippen LogP contribution in [0, 0.1) is 0 Å². The summed E-state index contributed by atoms with van der Waals surface area (Å²) >= 11 is 2.98. The van der Waals surface area contributed by atoms with E-state index in [1.807, 2.05) is 41.8 Å². The van der Waals surface area contributed by atoms with Gasteiger partial charge in [-0.15, -0.1) is 11.3 Å². The van der Waals surface area contributed by atoms with Crippen LogP contribution in [0.1, 0.15) is 21.8 Å². The topological polar surface area (TPSA) is 104 Å². The second kappa shape index (κ2) is 9.05. The van der Waals surface area contributed by atoms with E-state index in [0.717, 1.165) is 16.3 Å². The number of amides is 1. The van der Waals surface area contributed by atoms with Crippen LogP contribution in [0.25, 0.3) is 21.5 Å². The van der Waals surface area contributed by atoms with Gasteiger partial charge in [0.05, 0.1) is 29.4 Å². The maximum Gasteiger partial charge on any atom is 0.262 e. The number of hydrogen-bond donors (Lipinski definition) is 1. The van der Waals surface area contributed by atoms with Gasteiger partial charge in [-0.3, -0.25) is 14.2 Å². The Labute approximate surface area is 196 Å². The SMILES string of the molecule is NC(=O)c1ccc(-c2nc(CSc3nc4ccccc4c(=O)n3Cc3ccco3)cs2)cc1. The molecule has 0 atom stereocenters. The minimum Gasteiger partial charge on any atom is -0.467 e. The molecule has 2 aromatic carbocycles. The van der Waals surface area contributed by atoms with Gasteiger partial charge in [0.25, 0.3) is 5.56 Å². The molecule has 3 aromatic heterocycles. The van der Waals surface area contributed by atoms with E-state index >= 15 is 0 Å². The monoisotopic (exact) mass is 474 g/mol. The molecule has 5 rings (SSSR count). The Kier molecular flexibility index (Phi) is 5.80. The van der Waals surface area contributed by atoms with Gasteiger partial charge in [-0.2, -0.15) is 0 Å². The summed E-state index contributed by atoms with van der Waals surface area (Å²) in [4.78, 5) is 33.9. The third-order valence-electron chi connectivity index (χ3n) is 5.04. The molecule has 7 nitrogen and oxygen atoms in total. The lowest BCUT2D eigenvalue weighted by molar-refractivity contribution is 0.100. The molecule has 0 aliphatic rings. The van der Waals surface area contributed by atoms with Crippen molar-refractivity contribution in [1.82, 2.24) is 14.5 Å². The normalized spacial score (nSPS) is 11.2. The number of fused-ring (bicyclic) bond motifs is 1. The zero-order valence-electron chi connectivity index (χ0n) is 17.3. The predicted octanol–water partition coefficient (Wildman–Crippen LogP) is 4.55. The average Bonchev–Trinajstić information content (AvgIpc) is 3.52. The molecule has 1 amide bonds. The zero-order valence-corrected chi connectivity index (χ0v) is 18.9. The molecule has 0 aliphatic carbocycles. The number of nitrogens with zero attached hydrogens (tertiary/aromatic N) is 3. The number of aromatic nitrogens is 3. The van der Waals surface area contributed by atoms with E-state index in [0.29, 0.717) is 39.7 Å². The molecule has 164 valence electrons. The van der Waals surface area contributed by atoms with Gasteiger partial charge in [0.15, 0.2) is 5.16 Å². The lowest BCUT2D eigenvalue weighted by Gasteiger charge is -2.11. The standard InChI is InChI=1S/C24H18N4O3S2/c25-21(29)15-7-9-16(10-8-15)22-26-17(13-32-22)14-33-24-27-20-6-2-1-5-19(20)23(30)28(24)12-18-4-3-11-31-18/h1-11,13H,12,14H2,(H2,25,29). The smallest absolute Gasteiger partial charge is 0.262 e. The maximum atomic E-state index is 13.2. The van der Waals surface area contributed by atoms with Crippen LogP contribution >= 0.6 is 23.1 Å². The summed E-state index contributed by atoms with van der Waals surface area (Å²) < 4.78 is 7.10. The van der Waals surface area contributed by atoms with Crippen LogP contribution in [0.15, 0.2) is 86.7 Å². The molecule has 0 spiro atoms. The molecular formula is C24H18N4O3S2. The first-order valence-electron chi connectivity index (χ1n) is 10.1. The molecule has 0 saturated heterocycles. The van der Waals surface area contributed by atoms with Crippen molar-refractivity contribution in [3.8, 4) is 10.6 Å². The number of rotatable bonds is 7. The Bertz CT molecular complexity index is 1490. The first-order chi connectivity index (χ1) is 16.1. The third-order valence-corrected chi connectivity index (χ3v) is 6.99. The van der Waals surface area contributed by atoms with Crippen LogP contribution < -0.4 is 11.3 Å². The summed E-state index contributed by atoms with van der Waals surface area (Å²) in [6.07, 6.45) is 1.59. The van der Waals surface area contributed by atoms with Crippen LogP contribution in [0.3, 0.4) is 0 Å². The van der Waals surface area contributed by atoms with Crippen LogP contribution in [0.4, 0.5) is 0 Å². The van der Waals surface area contributed by atoms with Crippen molar-refractivity contribution in [1.29, 1.82) is 0 Å². The first kappa shape index (κ1) is 21.2. The van der Waals surface area contributed by atoms with Gasteiger partial charge in [-0.1, -0.05) is 36.0 Å². The highest BCUT2D eigenvalue weighted by Gasteiger charge is 2.14. The quantitative estimate of drug-likeness (QED) is 0.274. The van der Waals surface area contributed by atoms with Gasteiger partial charge >= 0.3 is 0 Å². The van der Waals surface area contributed by atoms with Crippen molar-refractivity contribution < 1.29 is 9.21 Å². The summed E-state index contributed by atoms with van der Waals surface area (Å²) in [5.74, 6) is 0.784. The molecule has 0 aliphatic heterocycles. The zero-order chi connectivity index (χ0) is 22.8. The van der Waals surface area contributed by atoms with Crippen molar-refractivity contribution in [3.63, 3.8) is 0 Å². The Morgan fingerprint density at radius 1 is 1.06 bits per heavy atom. The van der Waals surface area contributed by atoms with Crippen molar-refractivity contribution in [2.75, 3.05) is 0 Å². The second-order valence-electron chi connectivity index (χ2n) is 7.26. The van der Waals surface area contributed by atoms with E-state index in [2.05, 4.69) is 0 Å². The highest BCUT2D eigenvalue weighted by atomic mass is 32.2. The van der Waals surface area contributed by atoms with Crippen LogP contribution in [0.5, 0.6) is 0 Å². The van der Waals surface area contributed by atoms with Crippen LogP contribution in [-0.4, -0.2) is 20.4 Å². The number of primary amides is 1. The number of para-hydroxylation sites is 1. The number of carbonyl (C=O) groups excluding carboxylic acids is 1. The van der Waals surface area contributed by atoms with E-state index in [-0.39, 0.29) is 5.56 Å². The van der Waals surface area contributed by atoms with Gasteiger partial charge in [-0.05, 0) is 36.4 Å². The summed E-state index contributed by atoms with van der Waals surface area (Å²) in [6.45, 7) is 0.306. The molecule has 5 aromatic rings. The Balaban J connectivity index is 1.41. The van der Waals surface area contributed by atoms with Gasteiger partial charge in [0, 0.05) is 22.3 Å². The number of hydrogen-bond acceptors (Lipinski definition) is 7. The van der Waals surface area contributed by atoms with E-state index in [1.54, 1.807) is 35.1 Å². The van der Waals surface area contributed by atoms with Crippen LogP contribution in [-0.2, 0) is 12.3 Å². The number of benzene rings is 2. The summed E-state index contributed by atoms with van der Waals surface area (Å²) in [5, 5.41) is 4.01. The fraction of sp³-hybridized carbons (Fsp3) is 0.0833. The minimum absolute atomic E-state index is 0.104. The molecule has 3 heterocycles. The highest BCUT2D eigenvalue weighted by molar-refractivity contribution is 7.98. The Morgan fingerprint density at radius 3 is 2.64 bits per heavy atom. The lowest BCUT2D eigenvalue weighted by Crippen LogP contribution is -2.23. The average molecular weight is 475 g/mol. The third kappa shape index (κ3) is 4.46. The van der Waals surface area contributed by atoms with Crippen LogP contribution in [0.2, 0.25) is 0 Å². The first-order valence-corrected chi connectivity index (χ1v) is 11.9. The molecule has 0 bridgehead atoms. The fourth-order valence-electron chi connectivity index (χ4n) is 3.38. The van der Waals surface area contributed by atoms with Crippen molar-refractivity contribution in [2.45, 2.75) is 17.5 Å². The number of furan rings is 1. The Morgan fingerprint density at radius 2 is 1.88 bits per heavy atom. The largest absolute Gasteiger partial charge is 0.467 e. The number of thiazole rings is 1. The van der Waals surface area contributed by atoms with Crippen molar-refractivity contribution >= 4 is 39.9 Å². The highest BCUT2D eigenvalue weighted by Crippen LogP contribution is 2.28. The van der Waals surface area contributed by atoms with Gasteiger partial charge in [0.2, 0.25) is 5.91 Å². The van der Waals surface area contributed by atoms with E-state index in [1.165, 1.54) is 23.1 Å². The van der Waals surface area contributed by atoms with E-state index in [4.69, 9.17) is 20.1 Å². The number of thioether (sulfide) groups is 1. The lowest BCUT2D eigenvalue weighted by atomic mass is 10.1. The minimum atomic E-state index is -0.457. The molecule has 0 saturated carbocycles.